The first kappa shape index (κ1) is 7.67. The van der Waals surface area contributed by atoms with Gasteiger partial charge >= 0.3 is 0 Å². The summed E-state index contributed by atoms with van der Waals surface area (Å²) in [7, 11) is 0. The van der Waals surface area contributed by atoms with Crippen LogP contribution in [0.3, 0.4) is 0 Å². The monoisotopic (exact) mass is 152 g/mol. The molecule has 0 N–H and O–H groups in total. The van der Waals surface area contributed by atoms with Gasteiger partial charge in [0.15, 0.2) is 0 Å². The smallest absolute Gasteiger partial charge is 0.0192 e. The van der Waals surface area contributed by atoms with Gasteiger partial charge in [0.1, 0.15) is 0 Å². The standard InChI is InChI=1S/C9H12S/c1-2-4-8-5-3-6-9(10)7-8/h3,5-6H,2,4,7H2,1H3. The molecule has 1 rings (SSSR count). The molecule has 1 aliphatic carbocycles. The first-order valence-corrected chi connectivity index (χ1v) is 4.12. The van der Waals surface area contributed by atoms with Crippen LogP contribution in [-0.2, 0) is 0 Å². The van der Waals surface area contributed by atoms with E-state index in [4.69, 9.17) is 12.2 Å². The first-order chi connectivity index (χ1) is 4.83. The van der Waals surface area contributed by atoms with Gasteiger partial charge < -0.3 is 0 Å². The summed E-state index contributed by atoms with van der Waals surface area (Å²) in [6.45, 7) is 2.20. The Morgan fingerprint density at radius 2 is 2.40 bits per heavy atom. The molecular weight excluding hydrogens is 140 g/mol. The second-order valence-corrected chi connectivity index (χ2v) is 3.10. The molecule has 1 aliphatic rings. The summed E-state index contributed by atoms with van der Waals surface area (Å²) in [5, 5.41) is 0. The van der Waals surface area contributed by atoms with Gasteiger partial charge in [-0.05, 0) is 12.5 Å². The van der Waals surface area contributed by atoms with Crippen molar-refractivity contribution >= 4 is 17.1 Å². The van der Waals surface area contributed by atoms with Crippen LogP contribution in [0.4, 0.5) is 0 Å². The molecule has 0 heterocycles. The molecule has 0 amide bonds. The Balaban J connectivity index is 2.53. The molecule has 0 saturated heterocycles. The number of rotatable bonds is 2. The molecule has 0 unspecified atom stereocenters. The van der Waals surface area contributed by atoms with Crippen LogP contribution in [0.2, 0.25) is 0 Å². The van der Waals surface area contributed by atoms with Crippen molar-refractivity contribution in [2.45, 2.75) is 26.2 Å². The fraction of sp³-hybridized carbons (Fsp3) is 0.444. The Hall–Kier alpha value is -0.430. The Morgan fingerprint density at radius 3 is 3.00 bits per heavy atom. The highest BCUT2D eigenvalue weighted by atomic mass is 32.1. The maximum absolute atomic E-state index is 5.07. The summed E-state index contributed by atoms with van der Waals surface area (Å²) in [4.78, 5) is 1.07. The van der Waals surface area contributed by atoms with E-state index in [1.807, 2.05) is 6.08 Å². The van der Waals surface area contributed by atoms with Crippen molar-refractivity contribution in [1.29, 1.82) is 0 Å². The van der Waals surface area contributed by atoms with Gasteiger partial charge in [0.05, 0.1) is 0 Å². The predicted octanol–water partition coefficient (Wildman–Crippen LogP) is 3.04. The third-order valence-electron chi connectivity index (χ3n) is 1.59. The average molecular weight is 152 g/mol. The van der Waals surface area contributed by atoms with Crippen molar-refractivity contribution in [1.82, 2.24) is 0 Å². The molecule has 0 nitrogen and oxygen atoms in total. The van der Waals surface area contributed by atoms with Crippen LogP contribution in [0.15, 0.2) is 23.8 Å². The molecule has 0 bridgehead atoms. The van der Waals surface area contributed by atoms with Crippen LogP contribution in [0.1, 0.15) is 26.2 Å². The maximum atomic E-state index is 5.07. The minimum atomic E-state index is 1.01. The van der Waals surface area contributed by atoms with Gasteiger partial charge in [0.25, 0.3) is 0 Å². The molecule has 10 heavy (non-hydrogen) atoms. The largest absolute Gasteiger partial charge is 0.0846 e. The lowest BCUT2D eigenvalue weighted by Crippen LogP contribution is -1.96. The first-order valence-electron chi connectivity index (χ1n) is 3.72. The predicted molar refractivity (Wildman–Crippen MR) is 49.3 cm³/mol. The van der Waals surface area contributed by atoms with Crippen molar-refractivity contribution in [3.8, 4) is 0 Å². The lowest BCUT2D eigenvalue weighted by Gasteiger charge is -2.07. The summed E-state index contributed by atoms with van der Waals surface area (Å²) in [6, 6.07) is 0. The van der Waals surface area contributed by atoms with Gasteiger partial charge in [-0.3, -0.25) is 0 Å². The van der Waals surface area contributed by atoms with E-state index in [2.05, 4.69) is 19.1 Å². The molecule has 0 radical (unpaired) electrons. The van der Waals surface area contributed by atoms with E-state index in [9.17, 15) is 0 Å². The normalized spacial score (nSPS) is 17.3. The minimum absolute atomic E-state index is 1.01. The lowest BCUT2D eigenvalue weighted by molar-refractivity contribution is 0.889. The van der Waals surface area contributed by atoms with Crippen LogP contribution < -0.4 is 0 Å². The zero-order valence-corrected chi connectivity index (χ0v) is 7.08. The summed E-state index contributed by atoms with van der Waals surface area (Å²) in [5.74, 6) is 0. The molecule has 0 saturated carbocycles. The second kappa shape index (κ2) is 3.67. The molecule has 54 valence electrons. The van der Waals surface area contributed by atoms with Crippen molar-refractivity contribution < 1.29 is 0 Å². The summed E-state index contributed by atoms with van der Waals surface area (Å²) >= 11 is 5.07. The van der Waals surface area contributed by atoms with E-state index in [-0.39, 0.29) is 0 Å². The average Bonchev–Trinajstić information content (AvgIpc) is 1.88. The zero-order valence-electron chi connectivity index (χ0n) is 6.26. The zero-order chi connectivity index (χ0) is 7.40. The topological polar surface area (TPSA) is 0 Å². The number of thiocarbonyl (C=S) groups is 1. The van der Waals surface area contributed by atoms with Gasteiger partial charge in [-0.15, -0.1) is 0 Å². The Bertz CT molecular complexity index is 187. The summed E-state index contributed by atoms with van der Waals surface area (Å²) in [6.07, 6.45) is 9.68. The molecule has 0 aromatic rings. The fourth-order valence-electron chi connectivity index (χ4n) is 1.13. The van der Waals surface area contributed by atoms with Gasteiger partial charge in [-0.2, -0.15) is 0 Å². The number of hydrogen-bond donors (Lipinski definition) is 0. The Morgan fingerprint density at radius 1 is 1.60 bits per heavy atom. The molecular formula is C9H12S. The van der Waals surface area contributed by atoms with E-state index >= 15 is 0 Å². The highest BCUT2D eigenvalue weighted by Crippen LogP contribution is 2.15. The maximum Gasteiger partial charge on any atom is 0.0192 e. The fourth-order valence-corrected chi connectivity index (χ4v) is 1.39. The molecule has 0 fully saturated rings. The van der Waals surface area contributed by atoms with Gasteiger partial charge in [0, 0.05) is 11.3 Å². The number of hydrogen-bond acceptors (Lipinski definition) is 1. The SMILES string of the molecule is CCCC1=CC=CC(=S)C1. The molecule has 0 aliphatic heterocycles. The van der Waals surface area contributed by atoms with Crippen LogP contribution in [0.5, 0.6) is 0 Å². The Labute approximate surface area is 67.6 Å². The van der Waals surface area contributed by atoms with Crippen molar-refractivity contribution in [2.24, 2.45) is 0 Å². The molecule has 0 aromatic carbocycles. The van der Waals surface area contributed by atoms with E-state index in [1.165, 1.54) is 18.4 Å². The van der Waals surface area contributed by atoms with Gasteiger partial charge in [0.2, 0.25) is 0 Å². The number of allylic oxidation sites excluding steroid dienone is 4. The van der Waals surface area contributed by atoms with E-state index in [1.54, 1.807) is 0 Å². The van der Waals surface area contributed by atoms with Crippen molar-refractivity contribution in [3.63, 3.8) is 0 Å². The molecule has 0 atom stereocenters. The third-order valence-corrected chi connectivity index (χ3v) is 1.87. The van der Waals surface area contributed by atoms with Gasteiger partial charge in [-0.1, -0.05) is 43.3 Å². The summed E-state index contributed by atoms with van der Waals surface area (Å²) in [5.41, 5.74) is 1.48. The van der Waals surface area contributed by atoms with Crippen molar-refractivity contribution in [2.75, 3.05) is 0 Å². The second-order valence-electron chi connectivity index (χ2n) is 2.58. The quantitative estimate of drug-likeness (QED) is 0.548. The molecule has 1 heteroatoms. The van der Waals surface area contributed by atoms with Crippen LogP contribution >= 0.6 is 12.2 Å². The molecule has 0 aromatic heterocycles. The van der Waals surface area contributed by atoms with Crippen LogP contribution in [0.25, 0.3) is 0 Å². The minimum Gasteiger partial charge on any atom is -0.0846 e. The van der Waals surface area contributed by atoms with E-state index < -0.39 is 0 Å². The van der Waals surface area contributed by atoms with Crippen LogP contribution in [0, 0.1) is 0 Å². The highest BCUT2D eigenvalue weighted by Gasteiger charge is 2.01. The lowest BCUT2D eigenvalue weighted by atomic mass is 10.0. The van der Waals surface area contributed by atoms with E-state index in [0.29, 0.717) is 0 Å². The highest BCUT2D eigenvalue weighted by molar-refractivity contribution is 7.80. The van der Waals surface area contributed by atoms with Crippen LogP contribution in [-0.4, -0.2) is 4.86 Å². The summed E-state index contributed by atoms with van der Waals surface area (Å²) < 4.78 is 0. The van der Waals surface area contributed by atoms with Crippen molar-refractivity contribution in [3.05, 3.63) is 23.8 Å². The van der Waals surface area contributed by atoms with Gasteiger partial charge in [-0.25, -0.2) is 0 Å². The molecule has 0 spiro atoms. The Kier molecular flexibility index (Phi) is 2.82. The van der Waals surface area contributed by atoms with E-state index in [0.717, 1.165) is 11.3 Å². The third kappa shape index (κ3) is 2.07.